The molecule has 9 nitrogen and oxygen atoms in total. The summed E-state index contributed by atoms with van der Waals surface area (Å²) >= 11 is 6.07. The first-order valence-corrected chi connectivity index (χ1v) is 7.93. The van der Waals surface area contributed by atoms with Gasteiger partial charge in [0.2, 0.25) is 0 Å². The topological polar surface area (TPSA) is 130 Å². The van der Waals surface area contributed by atoms with Crippen molar-refractivity contribution in [2.45, 2.75) is 4.21 Å². The average molecular weight is 365 g/mol. The number of thiophene rings is 1. The molecule has 2 aromatic rings. The van der Waals surface area contributed by atoms with E-state index < -0.39 is 25.7 Å². The van der Waals surface area contributed by atoms with Gasteiger partial charge in [0.05, 0.1) is 9.85 Å². The molecule has 116 valence electrons. The number of halogens is 1. The van der Waals surface area contributed by atoms with Gasteiger partial charge in [0.1, 0.15) is 10.8 Å². The SMILES string of the molecule is O=[N+]([O-])c1ccc(S(=O)(=O)Oc2ccc([N+](=O)[O-])c(Cl)c2)s1. The Morgan fingerprint density at radius 1 is 1.09 bits per heavy atom. The number of nitrogens with zero attached hydrogens (tertiary/aromatic N) is 2. The van der Waals surface area contributed by atoms with Gasteiger partial charge in [-0.1, -0.05) is 11.6 Å². The molecule has 0 atom stereocenters. The van der Waals surface area contributed by atoms with E-state index >= 15 is 0 Å². The molecule has 0 aliphatic carbocycles. The van der Waals surface area contributed by atoms with Crippen LogP contribution in [-0.4, -0.2) is 18.3 Å². The molecule has 1 aromatic carbocycles. The first-order valence-electron chi connectivity index (χ1n) is 5.33. The Kier molecular flexibility index (Phi) is 4.30. The van der Waals surface area contributed by atoms with E-state index in [1.807, 2.05) is 0 Å². The summed E-state index contributed by atoms with van der Waals surface area (Å²) in [4.78, 5) is 19.7. The number of hydrogen-bond acceptors (Lipinski definition) is 8. The van der Waals surface area contributed by atoms with Gasteiger partial charge in [0.25, 0.3) is 5.69 Å². The van der Waals surface area contributed by atoms with Crippen LogP contribution in [-0.2, 0) is 10.1 Å². The summed E-state index contributed by atoms with van der Waals surface area (Å²) in [5.41, 5.74) is -0.404. The molecule has 1 heterocycles. The highest BCUT2D eigenvalue weighted by Crippen LogP contribution is 2.32. The lowest BCUT2D eigenvalue weighted by Crippen LogP contribution is -2.08. The van der Waals surface area contributed by atoms with E-state index in [9.17, 15) is 28.6 Å². The molecule has 0 unspecified atom stereocenters. The van der Waals surface area contributed by atoms with Crippen molar-refractivity contribution in [3.63, 3.8) is 0 Å². The van der Waals surface area contributed by atoms with E-state index in [1.165, 1.54) is 0 Å². The van der Waals surface area contributed by atoms with E-state index in [2.05, 4.69) is 0 Å². The highest BCUT2D eigenvalue weighted by Gasteiger charge is 2.24. The first-order chi connectivity index (χ1) is 10.2. The molecule has 1 aromatic heterocycles. The van der Waals surface area contributed by atoms with Gasteiger partial charge in [-0.3, -0.25) is 20.2 Å². The molecular formula is C10H5ClN2O7S2. The Morgan fingerprint density at radius 2 is 1.77 bits per heavy atom. The molecule has 0 fully saturated rings. The number of hydrogen-bond donors (Lipinski definition) is 0. The van der Waals surface area contributed by atoms with Crippen molar-refractivity contribution in [2.24, 2.45) is 0 Å². The van der Waals surface area contributed by atoms with Crippen LogP contribution < -0.4 is 4.18 Å². The zero-order chi connectivity index (χ0) is 16.5. The zero-order valence-corrected chi connectivity index (χ0v) is 12.7. The van der Waals surface area contributed by atoms with E-state index in [1.54, 1.807) is 0 Å². The molecule has 0 bridgehead atoms. The second-order valence-electron chi connectivity index (χ2n) is 3.76. The summed E-state index contributed by atoms with van der Waals surface area (Å²) in [5, 5.41) is 20.5. The summed E-state index contributed by atoms with van der Waals surface area (Å²) in [5.74, 6) is -0.244. The van der Waals surface area contributed by atoms with E-state index in [4.69, 9.17) is 15.8 Å². The van der Waals surface area contributed by atoms with Crippen LogP contribution in [0, 0.1) is 20.2 Å². The summed E-state index contributed by atoms with van der Waals surface area (Å²) < 4.78 is 28.3. The van der Waals surface area contributed by atoms with Crippen molar-refractivity contribution in [1.29, 1.82) is 0 Å². The van der Waals surface area contributed by atoms with Gasteiger partial charge in [-0.25, -0.2) is 0 Å². The minimum absolute atomic E-state index is 0.244. The minimum Gasteiger partial charge on any atom is -0.378 e. The number of nitro groups is 2. The van der Waals surface area contributed by atoms with Crippen LogP contribution in [0.4, 0.5) is 10.7 Å². The van der Waals surface area contributed by atoms with Gasteiger partial charge in [0, 0.05) is 18.2 Å². The van der Waals surface area contributed by atoms with E-state index in [0.29, 0.717) is 11.3 Å². The van der Waals surface area contributed by atoms with Gasteiger partial charge < -0.3 is 4.18 Å². The molecule has 12 heteroatoms. The molecule has 0 aliphatic heterocycles. The van der Waals surface area contributed by atoms with Gasteiger partial charge in [-0.15, -0.1) is 0 Å². The standard InChI is InChI=1S/C10H5ClN2O7S2/c11-7-5-6(1-2-8(7)12(14)15)20-22(18,19)10-4-3-9(21-10)13(16)17/h1-5H. The van der Waals surface area contributed by atoms with Crippen molar-refractivity contribution in [3.05, 3.63) is 55.6 Å². The van der Waals surface area contributed by atoms with Crippen LogP contribution in [0.3, 0.4) is 0 Å². The summed E-state index contributed by atoms with van der Waals surface area (Å²) in [6, 6.07) is 5.09. The Hall–Kier alpha value is -2.24. The average Bonchev–Trinajstić information content (AvgIpc) is 2.88. The second kappa shape index (κ2) is 5.87. The lowest BCUT2D eigenvalue weighted by molar-refractivity contribution is -0.384. The fourth-order valence-corrected chi connectivity index (χ4v) is 3.63. The van der Waals surface area contributed by atoms with Gasteiger partial charge in [-0.05, 0) is 23.5 Å². The van der Waals surface area contributed by atoms with Crippen LogP contribution in [0.1, 0.15) is 0 Å². The molecule has 0 aliphatic rings. The molecule has 0 amide bonds. The summed E-state index contributed by atoms with van der Waals surface area (Å²) in [7, 11) is -4.29. The third-order valence-corrected chi connectivity index (χ3v) is 5.35. The van der Waals surface area contributed by atoms with E-state index in [-0.39, 0.29) is 20.0 Å². The number of rotatable bonds is 5. The van der Waals surface area contributed by atoms with Crippen LogP contribution in [0.5, 0.6) is 5.75 Å². The molecule has 22 heavy (non-hydrogen) atoms. The lowest BCUT2D eigenvalue weighted by Gasteiger charge is -2.05. The van der Waals surface area contributed by atoms with Crippen molar-refractivity contribution in [1.82, 2.24) is 0 Å². The fraction of sp³-hybridized carbons (Fsp3) is 0. The van der Waals surface area contributed by atoms with Crippen molar-refractivity contribution >= 4 is 43.7 Å². The lowest BCUT2D eigenvalue weighted by atomic mass is 10.3. The Labute approximate surface area is 132 Å². The van der Waals surface area contributed by atoms with Gasteiger partial charge in [-0.2, -0.15) is 8.42 Å². The maximum absolute atomic E-state index is 12.0. The highest BCUT2D eigenvalue weighted by atomic mass is 35.5. The maximum Gasteiger partial charge on any atom is 0.349 e. The van der Waals surface area contributed by atoms with Gasteiger partial charge in [0.15, 0.2) is 4.21 Å². The molecule has 0 N–H and O–H groups in total. The maximum atomic E-state index is 12.0. The smallest absolute Gasteiger partial charge is 0.349 e. The number of benzene rings is 1. The predicted molar refractivity (Wildman–Crippen MR) is 76.9 cm³/mol. The molecule has 2 rings (SSSR count). The van der Waals surface area contributed by atoms with Crippen LogP contribution >= 0.6 is 22.9 Å². The summed E-state index contributed by atoms with van der Waals surface area (Å²) in [6.45, 7) is 0. The van der Waals surface area contributed by atoms with E-state index in [0.717, 1.165) is 30.3 Å². The van der Waals surface area contributed by atoms with Crippen molar-refractivity contribution in [3.8, 4) is 5.75 Å². The first kappa shape index (κ1) is 16.1. The normalized spacial score (nSPS) is 11.1. The quantitative estimate of drug-likeness (QED) is 0.452. The highest BCUT2D eigenvalue weighted by molar-refractivity contribution is 7.89. The fourth-order valence-electron chi connectivity index (χ4n) is 1.40. The third-order valence-electron chi connectivity index (χ3n) is 2.32. The second-order valence-corrected chi connectivity index (χ2v) is 7.00. The Morgan fingerprint density at radius 3 is 2.27 bits per heavy atom. The zero-order valence-electron chi connectivity index (χ0n) is 10.3. The molecular weight excluding hydrogens is 360 g/mol. The predicted octanol–water partition coefficient (Wildman–Crippen LogP) is 2.99. The van der Waals surface area contributed by atoms with Crippen LogP contribution in [0.15, 0.2) is 34.5 Å². The molecule has 0 saturated carbocycles. The Balaban J connectivity index is 2.30. The number of nitro benzene ring substituents is 1. The third kappa shape index (κ3) is 3.32. The monoisotopic (exact) mass is 364 g/mol. The molecule has 0 saturated heterocycles. The van der Waals surface area contributed by atoms with Crippen molar-refractivity contribution < 1.29 is 22.4 Å². The van der Waals surface area contributed by atoms with Crippen LogP contribution in [0.2, 0.25) is 5.02 Å². The minimum atomic E-state index is -4.29. The van der Waals surface area contributed by atoms with Crippen molar-refractivity contribution in [2.75, 3.05) is 0 Å². The molecule has 0 spiro atoms. The van der Waals surface area contributed by atoms with Crippen LogP contribution in [0.25, 0.3) is 0 Å². The molecule has 0 radical (unpaired) electrons. The Bertz CT molecular complexity index is 862. The largest absolute Gasteiger partial charge is 0.378 e. The van der Waals surface area contributed by atoms with Gasteiger partial charge >= 0.3 is 15.1 Å². The summed E-state index contributed by atoms with van der Waals surface area (Å²) in [6.07, 6.45) is 0.